The number of benzene rings is 2. The molecule has 0 saturated heterocycles. The average Bonchev–Trinajstić information content (AvgIpc) is 2.55. The SMILES string of the molecule is C[C@@H](NC(=O)c1cccc2c1CCNC2)c1ccccc1. The van der Waals surface area contributed by atoms with E-state index in [2.05, 4.69) is 16.7 Å². The van der Waals surface area contributed by atoms with Crippen molar-refractivity contribution in [2.45, 2.75) is 25.9 Å². The predicted octanol–water partition coefficient (Wildman–Crippen LogP) is 2.82. The zero-order chi connectivity index (χ0) is 14.7. The summed E-state index contributed by atoms with van der Waals surface area (Å²) in [4.78, 5) is 12.6. The molecule has 3 heteroatoms. The first-order valence-electron chi connectivity index (χ1n) is 7.43. The minimum atomic E-state index is 0.0104. The molecule has 2 aromatic rings. The van der Waals surface area contributed by atoms with Crippen LogP contribution in [0.5, 0.6) is 0 Å². The minimum absolute atomic E-state index is 0.0104. The van der Waals surface area contributed by atoms with Gasteiger partial charge < -0.3 is 10.6 Å². The van der Waals surface area contributed by atoms with E-state index < -0.39 is 0 Å². The third kappa shape index (κ3) is 2.98. The van der Waals surface area contributed by atoms with Crippen LogP contribution in [0.2, 0.25) is 0 Å². The van der Waals surface area contributed by atoms with Gasteiger partial charge in [0.15, 0.2) is 0 Å². The topological polar surface area (TPSA) is 41.1 Å². The van der Waals surface area contributed by atoms with E-state index in [1.807, 2.05) is 49.4 Å². The number of hydrogen-bond donors (Lipinski definition) is 2. The number of carbonyl (C=O) groups excluding carboxylic acids is 1. The second-order valence-electron chi connectivity index (χ2n) is 5.48. The Labute approximate surface area is 125 Å². The predicted molar refractivity (Wildman–Crippen MR) is 84.2 cm³/mol. The second kappa shape index (κ2) is 6.10. The van der Waals surface area contributed by atoms with Gasteiger partial charge in [-0.2, -0.15) is 0 Å². The van der Waals surface area contributed by atoms with Crippen LogP contribution in [0.1, 0.15) is 40.0 Å². The molecule has 1 heterocycles. The molecule has 0 unspecified atom stereocenters. The van der Waals surface area contributed by atoms with Crippen LogP contribution in [0.4, 0.5) is 0 Å². The van der Waals surface area contributed by atoms with Crippen LogP contribution in [0, 0.1) is 0 Å². The molecular formula is C18H20N2O. The monoisotopic (exact) mass is 280 g/mol. The third-order valence-corrected chi connectivity index (χ3v) is 4.03. The summed E-state index contributed by atoms with van der Waals surface area (Å²) in [6.07, 6.45) is 0.915. The van der Waals surface area contributed by atoms with Gasteiger partial charge in [0.05, 0.1) is 6.04 Å². The summed E-state index contributed by atoms with van der Waals surface area (Å²) in [6, 6.07) is 16.0. The second-order valence-corrected chi connectivity index (χ2v) is 5.48. The molecule has 0 aromatic heterocycles. The molecule has 108 valence electrons. The van der Waals surface area contributed by atoms with Crippen molar-refractivity contribution in [2.24, 2.45) is 0 Å². The summed E-state index contributed by atoms with van der Waals surface area (Å²) < 4.78 is 0. The molecule has 3 rings (SSSR count). The van der Waals surface area contributed by atoms with Crippen molar-refractivity contribution in [3.63, 3.8) is 0 Å². The quantitative estimate of drug-likeness (QED) is 0.907. The Morgan fingerprint density at radius 3 is 2.76 bits per heavy atom. The highest BCUT2D eigenvalue weighted by atomic mass is 16.1. The Balaban J connectivity index is 1.80. The van der Waals surface area contributed by atoms with Gasteiger partial charge in [-0.25, -0.2) is 0 Å². The van der Waals surface area contributed by atoms with E-state index in [4.69, 9.17) is 0 Å². The Hall–Kier alpha value is -2.13. The molecule has 0 radical (unpaired) electrons. The Kier molecular flexibility index (Phi) is 4.02. The van der Waals surface area contributed by atoms with Crippen molar-refractivity contribution in [1.82, 2.24) is 10.6 Å². The highest BCUT2D eigenvalue weighted by Crippen LogP contribution is 2.20. The van der Waals surface area contributed by atoms with Gasteiger partial charge in [0.1, 0.15) is 0 Å². The van der Waals surface area contributed by atoms with Crippen LogP contribution in [0.3, 0.4) is 0 Å². The fraction of sp³-hybridized carbons (Fsp3) is 0.278. The molecule has 21 heavy (non-hydrogen) atoms. The van der Waals surface area contributed by atoms with Crippen LogP contribution in [-0.2, 0) is 13.0 Å². The van der Waals surface area contributed by atoms with E-state index in [0.717, 1.165) is 30.6 Å². The summed E-state index contributed by atoms with van der Waals surface area (Å²) in [6.45, 7) is 3.81. The number of nitrogens with one attached hydrogen (secondary N) is 2. The first-order chi connectivity index (χ1) is 10.3. The molecular weight excluding hydrogens is 260 g/mol. The lowest BCUT2D eigenvalue weighted by atomic mass is 9.95. The Morgan fingerprint density at radius 1 is 1.14 bits per heavy atom. The maximum atomic E-state index is 12.6. The van der Waals surface area contributed by atoms with E-state index in [1.54, 1.807) is 0 Å². The summed E-state index contributed by atoms with van der Waals surface area (Å²) in [7, 11) is 0. The number of hydrogen-bond acceptors (Lipinski definition) is 2. The zero-order valence-corrected chi connectivity index (χ0v) is 12.2. The van der Waals surface area contributed by atoms with Gasteiger partial charge in [-0.15, -0.1) is 0 Å². The van der Waals surface area contributed by atoms with Crippen molar-refractivity contribution in [3.8, 4) is 0 Å². The van der Waals surface area contributed by atoms with E-state index in [-0.39, 0.29) is 11.9 Å². The van der Waals surface area contributed by atoms with Crippen LogP contribution in [0.15, 0.2) is 48.5 Å². The molecule has 0 bridgehead atoms. The molecule has 1 amide bonds. The van der Waals surface area contributed by atoms with Crippen molar-refractivity contribution in [1.29, 1.82) is 0 Å². The highest BCUT2D eigenvalue weighted by molar-refractivity contribution is 5.96. The maximum Gasteiger partial charge on any atom is 0.252 e. The van der Waals surface area contributed by atoms with Gasteiger partial charge in [-0.05, 0) is 42.6 Å². The van der Waals surface area contributed by atoms with Gasteiger partial charge in [0.25, 0.3) is 5.91 Å². The van der Waals surface area contributed by atoms with Gasteiger partial charge >= 0.3 is 0 Å². The standard InChI is InChI=1S/C18H20N2O/c1-13(14-6-3-2-4-7-14)20-18(21)17-9-5-8-15-12-19-11-10-16(15)17/h2-9,13,19H,10-12H2,1H3,(H,20,21)/t13-/m1/s1. The largest absolute Gasteiger partial charge is 0.346 e. The molecule has 2 aromatic carbocycles. The number of carbonyl (C=O) groups is 1. The minimum Gasteiger partial charge on any atom is -0.346 e. The van der Waals surface area contributed by atoms with Crippen LogP contribution < -0.4 is 10.6 Å². The smallest absolute Gasteiger partial charge is 0.252 e. The van der Waals surface area contributed by atoms with E-state index >= 15 is 0 Å². The van der Waals surface area contributed by atoms with Gasteiger partial charge in [0, 0.05) is 12.1 Å². The number of fused-ring (bicyclic) bond motifs is 1. The summed E-state index contributed by atoms with van der Waals surface area (Å²) in [5, 5.41) is 6.45. The van der Waals surface area contributed by atoms with Crippen molar-refractivity contribution >= 4 is 5.91 Å². The summed E-state index contributed by atoms with van der Waals surface area (Å²) >= 11 is 0. The molecule has 3 nitrogen and oxygen atoms in total. The third-order valence-electron chi connectivity index (χ3n) is 4.03. The van der Waals surface area contributed by atoms with E-state index in [9.17, 15) is 4.79 Å². The molecule has 0 aliphatic carbocycles. The Bertz CT molecular complexity index is 637. The molecule has 2 N–H and O–H groups in total. The van der Waals surface area contributed by atoms with E-state index in [0.29, 0.717) is 0 Å². The molecule has 0 spiro atoms. The first kappa shape index (κ1) is 13.8. The first-order valence-corrected chi connectivity index (χ1v) is 7.43. The van der Waals surface area contributed by atoms with Crippen LogP contribution in [0.25, 0.3) is 0 Å². The molecule has 0 fully saturated rings. The maximum absolute atomic E-state index is 12.6. The van der Waals surface area contributed by atoms with E-state index in [1.165, 1.54) is 11.1 Å². The average molecular weight is 280 g/mol. The summed E-state index contributed by atoms with van der Waals surface area (Å²) in [5.41, 5.74) is 4.37. The molecule has 1 atom stereocenters. The molecule has 1 aliphatic rings. The fourth-order valence-electron chi connectivity index (χ4n) is 2.84. The van der Waals surface area contributed by atoms with Gasteiger partial charge in [0.2, 0.25) is 0 Å². The lowest BCUT2D eigenvalue weighted by Gasteiger charge is -2.21. The van der Waals surface area contributed by atoms with Gasteiger partial charge in [-0.3, -0.25) is 4.79 Å². The fourth-order valence-corrected chi connectivity index (χ4v) is 2.84. The lowest BCUT2D eigenvalue weighted by Crippen LogP contribution is -2.30. The highest BCUT2D eigenvalue weighted by Gasteiger charge is 2.18. The van der Waals surface area contributed by atoms with Gasteiger partial charge in [-0.1, -0.05) is 42.5 Å². The molecule has 1 aliphatic heterocycles. The number of rotatable bonds is 3. The van der Waals surface area contributed by atoms with Crippen molar-refractivity contribution < 1.29 is 4.79 Å². The lowest BCUT2D eigenvalue weighted by molar-refractivity contribution is 0.0938. The molecule has 0 saturated carbocycles. The Morgan fingerprint density at radius 2 is 1.95 bits per heavy atom. The van der Waals surface area contributed by atoms with Crippen molar-refractivity contribution in [2.75, 3.05) is 6.54 Å². The van der Waals surface area contributed by atoms with Crippen LogP contribution in [-0.4, -0.2) is 12.5 Å². The normalized spacial score (nSPS) is 15.1. The number of amides is 1. The zero-order valence-electron chi connectivity index (χ0n) is 12.2. The van der Waals surface area contributed by atoms with Crippen LogP contribution >= 0.6 is 0 Å². The summed E-state index contributed by atoms with van der Waals surface area (Å²) in [5.74, 6) is 0.0186. The van der Waals surface area contributed by atoms with Crippen molar-refractivity contribution in [3.05, 3.63) is 70.8 Å².